The van der Waals surface area contributed by atoms with E-state index in [4.69, 9.17) is 27.9 Å². The molecule has 2 aromatic rings. The van der Waals surface area contributed by atoms with Gasteiger partial charge in [0.25, 0.3) is 5.91 Å². The first-order valence-corrected chi connectivity index (χ1v) is 8.15. The molecule has 0 radical (unpaired) electrons. The largest absolute Gasteiger partial charge is 0.416 e. The molecule has 0 aliphatic heterocycles. The Morgan fingerprint density at radius 1 is 1.23 bits per heavy atom. The zero-order valence-corrected chi connectivity index (χ0v) is 15.4. The van der Waals surface area contributed by atoms with Crippen molar-refractivity contribution in [3.05, 3.63) is 63.4 Å². The molecule has 0 aliphatic rings. The standard InChI is InChI=1S/C17H15Cl2F3N2O2/c1-24(16(25)11-7-14(18)23-15(19)8-11)13(9-26-2)10-4-3-5-12(6-10)17(20,21)22/h3-8,13H,9H2,1-2H3. The second kappa shape index (κ2) is 8.24. The summed E-state index contributed by atoms with van der Waals surface area (Å²) in [5, 5.41) is 0.0771. The fourth-order valence-electron chi connectivity index (χ4n) is 2.45. The van der Waals surface area contributed by atoms with E-state index in [1.807, 2.05) is 0 Å². The van der Waals surface area contributed by atoms with Crippen LogP contribution in [0.3, 0.4) is 0 Å². The summed E-state index contributed by atoms with van der Waals surface area (Å²) in [4.78, 5) is 17.8. The maximum atomic E-state index is 13.0. The van der Waals surface area contributed by atoms with Crippen molar-refractivity contribution in [3.8, 4) is 0 Å². The van der Waals surface area contributed by atoms with Crippen molar-refractivity contribution in [3.63, 3.8) is 0 Å². The maximum absolute atomic E-state index is 13.0. The monoisotopic (exact) mass is 406 g/mol. The molecule has 1 aromatic heterocycles. The van der Waals surface area contributed by atoms with E-state index in [0.29, 0.717) is 5.56 Å². The molecule has 0 saturated carbocycles. The highest BCUT2D eigenvalue weighted by Crippen LogP contribution is 2.32. The van der Waals surface area contributed by atoms with Gasteiger partial charge in [-0.05, 0) is 29.8 Å². The number of halogens is 5. The van der Waals surface area contributed by atoms with Crippen LogP contribution in [0, 0.1) is 0 Å². The molecule has 1 heterocycles. The number of methoxy groups -OCH3 is 1. The zero-order valence-electron chi connectivity index (χ0n) is 13.8. The Kier molecular flexibility index (Phi) is 6.49. The number of hydrogen-bond acceptors (Lipinski definition) is 3. The molecular weight excluding hydrogens is 392 g/mol. The number of pyridine rings is 1. The van der Waals surface area contributed by atoms with Crippen LogP contribution in [-0.2, 0) is 10.9 Å². The molecule has 9 heteroatoms. The van der Waals surface area contributed by atoms with Gasteiger partial charge in [0.05, 0.1) is 18.2 Å². The van der Waals surface area contributed by atoms with Crippen LogP contribution < -0.4 is 0 Å². The van der Waals surface area contributed by atoms with Gasteiger partial charge in [0.15, 0.2) is 0 Å². The normalized spacial score (nSPS) is 12.7. The Balaban J connectivity index is 2.38. The molecule has 0 bridgehead atoms. The molecule has 140 valence electrons. The average molecular weight is 407 g/mol. The van der Waals surface area contributed by atoms with Crippen LogP contribution in [0.15, 0.2) is 36.4 Å². The van der Waals surface area contributed by atoms with Gasteiger partial charge >= 0.3 is 6.18 Å². The lowest BCUT2D eigenvalue weighted by atomic mass is 10.0. The molecule has 0 saturated heterocycles. The molecule has 0 fully saturated rings. The molecule has 1 unspecified atom stereocenters. The van der Waals surface area contributed by atoms with E-state index in [-0.39, 0.29) is 22.5 Å². The number of likely N-dealkylation sites (N-methyl/N-ethyl adjacent to an activating group) is 1. The number of nitrogens with zero attached hydrogens (tertiary/aromatic N) is 2. The lowest BCUT2D eigenvalue weighted by Crippen LogP contribution is -2.34. The number of alkyl halides is 3. The van der Waals surface area contributed by atoms with Gasteiger partial charge < -0.3 is 9.64 Å². The van der Waals surface area contributed by atoms with E-state index < -0.39 is 23.7 Å². The Bertz CT molecular complexity index is 780. The zero-order chi connectivity index (χ0) is 19.5. The van der Waals surface area contributed by atoms with E-state index >= 15 is 0 Å². The molecule has 4 nitrogen and oxygen atoms in total. The molecule has 1 aromatic carbocycles. The summed E-state index contributed by atoms with van der Waals surface area (Å²) >= 11 is 11.6. The highest BCUT2D eigenvalue weighted by Gasteiger charge is 2.32. The Labute approximate surface area is 158 Å². The van der Waals surface area contributed by atoms with Gasteiger partial charge in [-0.3, -0.25) is 4.79 Å². The molecule has 1 amide bonds. The van der Waals surface area contributed by atoms with Crippen LogP contribution in [0.5, 0.6) is 0 Å². The number of amides is 1. The number of aromatic nitrogens is 1. The minimum absolute atomic E-state index is 0.0100. The van der Waals surface area contributed by atoms with E-state index in [9.17, 15) is 18.0 Å². The van der Waals surface area contributed by atoms with Crippen LogP contribution in [0.4, 0.5) is 13.2 Å². The molecule has 2 rings (SSSR count). The molecular formula is C17H15Cl2F3N2O2. The second-order valence-electron chi connectivity index (χ2n) is 5.51. The quantitative estimate of drug-likeness (QED) is 0.665. The van der Waals surface area contributed by atoms with Gasteiger partial charge in [0, 0.05) is 19.7 Å². The van der Waals surface area contributed by atoms with E-state index in [2.05, 4.69) is 4.98 Å². The van der Waals surface area contributed by atoms with Gasteiger partial charge in [-0.2, -0.15) is 13.2 Å². The number of hydrogen-bond donors (Lipinski definition) is 0. The minimum atomic E-state index is -4.48. The minimum Gasteiger partial charge on any atom is -0.382 e. The average Bonchev–Trinajstić information content (AvgIpc) is 2.57. The lowest BCUT2D eigenvalue weighted by Gasteiger charge is -2.28. The van der Waals surface area contributed by atoms with Crippen LogP contribution in [0.1, 0.15) is 27.5 Å². The summed E-state index contributed by atoms with van der Waals surface area (Å²) in [5.74, 6) is -0.476. The number of carbonyl (C=O) groups is 1. The molecule has 0 spiro atoms. The number of benzene rings is 1. The Morgan fingerprint density at radius 3 is 2.38 bits per heavy atom. The summed E-state index contributed by atoms with van der Waals surface area (Å²) in [6.45, 7) is 0.0100. The fraction of sp³-hybridized carbons (Fsp3) is 0.294. The van der Waals surface area contributed by atoms with Gasteiger partial charge in [-0.15, -0.1) is 0 Å². The van der Waals surface area contributed by atoms with Crippen LogP contribution in [0.2, 0.25) is 10.3 Å². The van der Waals surface area contributed by atoms with E-state index in [1.54, 1.807) is 0 Å². The SMILES string of the molecule is COCC(c1cccc(C(F)(F)F)c1)N(C)C(=O)c1cc(Cl)nc(Cl)c1. The van der Waals surface area contributed by atoms with Gasteiger partial charge in [0.2, 0.25) is 0 Å². The highest BCUT2D eigenvalue weighted by molar-refractivity contribution is 6.33. The number of carbonyl (C=O) groups excluding carboxylic acids is 1. The fourth-order valence-corrected chi connectivity index (χ4v) is 2.91. The van der Waals surface area contributed by atoms with Crippen LogP contribution >= 0.6 is 23.2 Å². The summed E-state index contributed by atoms with van der Waals surface area (Å²) < 4.78 is 44.0. The summed E-state index contributed by atoms with van der Waals surface area (Å²) in [6, 6.07) is 6.71. The van der Waals surface area contributed by atoms with Crippen molar-refractivity contribution < 1.29 is 22.7 Å². The third kappa shape index (κ3) is 4.87. The number of ether oxygens (including phenoxy) is 1. The van der Waals surface area contributed by atoms with Crippen LogP contribution in [0.25, 0.3) is 0 Å². The molecule has 1 atom stereocenters. The van der Waals surface area contributed by atoms with Crippen molar-refractivity contribution in [1.29, 1.82) is 0 Å². The third-order valence-electron chi connectivity index (χ3n) is 3.72. The first-order valence-electron chi connectivity index (χ1n) is 7.40. The Morgan fingerprint density at radius 2 is 1.85 bits per heavy atom. The van der Waals surface area contributed by atoms with Crippen molar-refractivity contribution in [2.24, 2.45) is 0 Å². The summed E-state index contributed by atoms with van der Waals surface area (Å²) in [7, 11) is 2.87. The summed E-state index contributed by atoms with van der Waals surface area (Å²) in [5.41, 5.74) is -0.332. The van der Waals surface area contributed by atoms with E-state index in [1.165, 1.54) is 43.3 Å². The second-order valence-corrected chi connectivity index (χ2v) is 6.29. The van der Waals surface area contributed by atoms with Crippen molar-refractivity contribution in [2.45, 2.75) is 12.2 Å². The lowest BCUT2D eigenvalue weighted by molar-refractivity contribution is -0.137. The van der Waals surface area contributed by atoms with Crippen molar-refractivity contribution in [1.82, 2.24) is 9.88 Å². The third-order valence-corrected chi connectivity index (χ3v) is 4.11. The Hall–Kier alpha value is -1.83. The van der Waals surface area contributed by atoms with Gasteiger partial charge in [-0.1, -0.05) is 35.3 Å². The molecule has 0 N–H and O–H groups in total. The van der Waals surface area contributed by atoms with E-state index in [0.717, 1.165) is 12.1 Å². The van der Waals surface area contributed by atoms with Crippen LogP contribution in [-0.4, -0.2) is 36.6 Å². The van der Waals surface area contributed by atoms with Gasteiger partial charge in [-0.25, -0.2) is 4.98 Å². The van der Waals surface area contributed by atoms with Crippen molar-refractivity contribution >= 4 is 29.1 Å². The van der Waals surface area contributed by atoms with Gasteiger partial charge in [0.1, 0.15) is 10.3 Å². The predicted octanol–water partition coefficient (Wildman–Crippen LogP) is 4.87. The topological polar surface area (TPSA) is 42.4 Å². The first-order chi connectivity index (χ1) is 12.1. The summed E-state index contributed by atoms with van der Waals surface area (Å²) in [6.07, 6.45) is -4.48. The molecule has 26 heavy (non-hydrogen) atoms. The predicted molar refractivity (Wildman–Crippen MR) is 92.4 cm³/mol. The maximum Gasteiger partial charge on any atom is 0.416 e. The number of rotatable bonds is 5. The highest BCUT2D eigenvalue weighted by atomic mass is 35.5. The first kappa shape index (κ1) is 20.5. The van der Waals surface area contributed by atoms with Crippen molar-refractivity contribution in [2.75, 3.05) is 20.8 Å². The molecule has 0 aliphatic carbocycles. The smallest absolute Gasteiger partial charge is 0.382 e.